The van der Waals surface area contributed by atoms with Crippen molar-refractivity contribution in [1.29, 1.82) is 0 Å². The van der Waals surface area contributed by atoms with Crippen LogP contribution in [-0.2, 0) is 7.05 Å². The van der Waals surface area contributed by atoms with Gasteiger partial charge in [-0.1, -0.05) is 18.6 Å². The Kier molecular flexibility index (Phi) is 3.65. The molecule has 18 heavy (non-hydrogen) atoms. The van der Waals surface area contributed by atoms with Crippen molar-refractivity contribution in [3.8, 4) is 0 Å². The summed E-state index contributed by atoms with van der Waals surface area (Å²) in [7, 11) is 1.80. The molecule has 1 heterocycles. The second kappa shape index (κ2) is 5.06. The Morgan fingerprint density at radius 3 is 2.89 bits per heavy atom. The van der Waals surface area contributed by atoms with E-state index in [1.807, 2.05) is 6.92 Å². The maximum atomic E-state index is 12.2. The Hall–Kier alpha value is -1.43. The van der Waals surface area contributed by atoms with Crippen molar-refractivity contribution in [2.75, 3.05) is 0 Å². The Morgan fingerprint density at radius 2 is 2.33 bits per heavy atom. The molecule has 2 unspecified atom stereocenters. The van der Waals surface area contributed by atoms with E-state index in [9.17, 15) is 4.79 Å². The number of hydrogen-bond donors (Lipinski definition) is 2. The van der Waals surface area contributed by atoms with Crippen LogP contribution in [0.1, 0.15) is 35.3 Å². The van der Waals surface area contributed by atoms with Gasteiger partial charge in [0.1, 0.15) is 0 Å². The van der Waals surface area contributed by atoms with Gasteiger partial charge in [0.25, 0.3) is 5.91 Å². The van der Waals surface area contributed by atoms with Crippen LogP contribution >= 0.6 is 12.2 Å². The fourth-order valence-corrected chi connectivity index (χ4v) is 2.82. The smallest absolute Gasteiger partial charge is 0.254 e. The molecule has 1 fully saturated rings. The van der Waals surface area contributed by atoms with E-state index in [1.54, 1.807) is 17.9 Å². The van der Waals surface area contributed by atoms with Crippen molar-refractivity contribution >= 4 is 23.1 Å². The highest BCUT2D eigenvalue weighted by atomic mass is 32.1. The molecule has 5 nitrogen and oxygen atoms in total. The third kappa shape index (κ3) is 2.53. The lowest BCUT2D eigenvalue weighted by molar-refractivity contribution is 0.0933. The summed E-state index contributed by atoms with van der Waals surface area (Å²) in [6, 6.07) is 0.0645. The molecule has 0 radical (unpaired) electrons. The molecule has 98 valence electrons. The van der Waals surface area contributed by atoms with E-state index in [-0.39, 0.29) is 17.9 Å². The summed E-state index contributed by atoms with van der Waals surface area (Å²) in [5, 5.41) is 7.19. The molecular weight excluding hydrogens is 248 g/mol. The van der Waals surface area contributed by atoms with E-state index in [4.69, 9.17) is 18.0 Å². The van der Waals surface area contributed by atoms with Gasteiger partial charge in [0.15, 0.2) is 0 Å². The third-order valence-corrected chi connectivity index (χ3v) is 3.76. The number of aromatic nitrogens is 2. The van der Waals surface area contributed by atoms with Crippen molar-refractivity contribution in [2.24, 2.45) is 18.7 Å². The fourth-order valence-electron chi connectivity index (χ4n) is 2.54. The van der Waals surface area contributed by atoms with Gasteiger partial charge in [0, 0.05) is 25.2 Å². The number of thiocarbonyl (C=S) groups is 1. The molecule has 0 aromatic carbocycles. The molecule has 1 amide bonds. The number of nitrogens with zero attached hydrogens (tertiary/aromatic N) is 2. The molecule has 0 spiro atoms. The lowest BCUT2D eigenvalue weighted by atomic mass is 10.0. The zero-order valence-electron chi connectivity index (χ0n) is 10.6. The minimum absolute atomic E-state index is 0.0645. The predicted molar refractivity (Wildman–Crippen MR) is 73.3 cm³/mol. The van der Waals surface area contributed by atoms with E-state index in [2.05, 4.69) is 10.4 Å². The third-order valence-electron chi connectivity index (χ3n) is 3.46. The normalized spacial score (nSPS) is 23.0. The number of carbonyl (C=O) groups is 1. The molecule has 1 aliphatic carbocycles. The first kappa shape index (κ1) is 13.0. The van der Waals surface area contributed by atoms with Crippen LogP contribution in [0.2, 0.25) is 0 Å². The molecule has 1 aromatic heterocycles. The lowest BCUT2D eigenvalue weighted by Gasteiger charge is -2.19. The summed E-state index contributed by atoms with van der Waals surface area (Å²) >= 11 is 5.04. The van der Waals surface area contributed by atoms with Gasteiger partial charge < -0.3 is 11.1 Å². The number of aryl methyl sites for hydroxylation is 2. The largest absolute Gasteiger partial charge is 0.393 e. The first-order valence-electron chi connectivity index (χ1n) is 6.09. The quantitative estimate of drug-likeness (QED) is 0.798. The highest BCUT2D eigenvalue weighted by Crippen LogP contribution is 2.26. The van der Waals surface area contributed by atoms with Crippen LogP contribution < -0.4 is 11.1 Å². The van der Waals surface area contributed by atoms with Gasteiger partial charge in [-0.25, -0.2) is 0 Å². The zero-order valence-corrected chi connectivity index (χ0v) is 11.5. The molecule has 0 saturated heterocycles. The van der Waals surface area contributed by atoms with Gasteiger partial charge in [-0.15, -0.1) is 0 Å². The van der Waals surface area contributed by atoms with Crippen LogP contribution in [0.4, 0.5) is 0 Å². The molecule has 0 bridgehead atoms. The second-order valence-corrected chi connectivity index (χ2v) is 5.29. The number of amides is 1. The van der Waals surface area contributed by atoms with Gasteiger partial charge in [-0.05, 0) is 19.8 Å². The second-order valence-electron chi connectivity index (χ2n) is 4.82. The van der Waals surface area contributed by atoms with Crippen LogP contribution in [0.3, 0.4) is 0 Å². The Balaban J connectivity index is 2.07. The summed E-state index contributed by atoms with van der Waals surface area (Å²) in [5.74, 6) is 0.0367. The minimum atomic E-state index is -0.0891. The molecule has 2 rings (SSSR count). The molecule has 2 atom stereocenters. The molecule has 6 heteroatoms. The molecule has 1 aliphatic rings. The van der Waals surface area contributed by atoms with Gasteiger partial charge in [-0.3, -0.25) is 9.48 Å². The van der Waals surface area contributed by atoms with Crippen LogP contribution in [0.15, 0.2) is 6.20 Å². The summed E-state index contributed by atoms with van der Waals surface area (Å²) in [5.41, 5.74) is 7.05. The topological polar surface area (TPSA) is 72.9 Å². The summed E-state index contributed by atoms with van der Waals surface area (Å²) in [6.45, 7) is 1.83. The SMILES string of the molecule is Cc1nn(C)cc1C(=O)NC1CCCC1C(N)=S. The van der Waals surface area contributed by atoms with Gasteiger partial charge >= 0.3 is 0 Å². The van der Waals surface area contributed by atoms with Crippen molar-refractivity contribution in [3.05, 3.63) is 17.5 Å². The first-order valence-corrected chi connectivity index (χ1v) is 6.50. The van der Waals surface area contributed by atoms with Crippen molar-refractivity contribution < 1.29 is 4.79 Å². The average Bonchev–Trinajstić information content (AvgIpc) is 2.85. The van der Waals surface area contributed by atoms with Crippen LogP contribution in [0.25, 0.3) is 0 Å². The average molecular weight is 266 g/mol. The van der Waals surface area contributed by atoms with E-state index < -0.39 is 0 Å². The van der Waals surface area contributed by atoms with Crippen LogP contribution in [0, 0.1) is 12.8 Å². The summed E-state index contributed by atoms with van der Waals surface area (Å²) in [6.07, 6.45) is 4.69. The maximum Gasteiger partial charge on any atom is 0.254 e. The minimum Gasteiger partial charge on any atom is -0.393 e. The maximum absolute atomic E-state index is 12.2. The monoisotopic (exact) mass is 266 g/mol. The number of nitrogens with two attached hydrogens (primary N) is 1. The van der Waals surface area contributed by atoms with Crippen molar-refractivity contribution in [3.63, 3.8) is 0 Å². The van der Waals surface area contributed by atoms with E-state index in [0.717, 1.165) is 25.0 Å². The number of carbonyl (C=O) groups excluding carboxylic acids is 1. The van der Waals surface area contributed by atoms with E-state index >= 15 is 0 Å². The molecule has 0 aliphatic heterocycles. The predicted octanol–water partition coefficient (Wildman–Crippen LogP) is 0.913. The number of hydrogen-bond acceptors (Lipinski definition) is 3. The van der Waals surface area contributed by atoms with Gasteiger partial charge in [0.2, 0.25) is 0 Å². The van der Waals surface area contributed by atoms with E-state index in [0.29, 0.717) is 10.6 Å². The summed E-state index contributed by atoms with van der Waals surface area (Å²) in [4.78, 5) is 12.7. The molecule has 3 N–H and O–H groups in total. The van der Waals surface area contributed by atoms with Crippen LogP contribution in [0.5, 0.6) is 0 Å². The number of nitrogens with one attached hydrogen (secondary N) is 1. The molecule has 1 aromatic rings. The lowest BCUT2D eigenvalue weighted by Crippen LogP contribution is -2.41. The van der Waals surface area contributed by atoms with Crippen molar-refractivity contribution in [2.45, 2.75) is 32.2 Å². The highest BCUT2D eigenvalue weighted by Gasteiger charge is 2.31. The zero-order chi connectivity index (χ0) is 13.3. The van der Waals surface area contributed by atoms with Crippen LogP contribution in [-0.4, -0.2) is 26.7 Å². The first-order chi connectivity index (χ1) is 8.49. The standard InChI is InChI=1S/C12H18N4OS/c1-7-9(6-16(2)15-7)12(17)14-10-5-3-4-8(10)11(13)18/h6,8,10H,3-5H2,1-2H3,(H2,13,18)(H,14,17). The van der Waals surface area contributed by atoms with Crippen molar-refractivity contribution in [1.82, 2.24) is 15.1 Å². The van der Waals surface area contributed by atoms with Gasteiger partial charge in [0.05, 0.1) is 16.2 Å². The molecule has 1 saturated carbocycles. The fraction of sp³-hybridized carbons (Fsp3) is 0.583. The Labute approximate surface area is 112 Å². The Bertz CT molecular complexity index is 482. The van der Waals surface area contributed by atoms with E-state index in [1.165, 1.54) is 0 Å². The Morgan fingerprint density at radius 1 is 1.61 bits per heavy atom. The molecular formula is C12H18N4OS. The summed E-state index contributed by atoms with van der Waals surface area (Å²) < 4.78 is 1.64. The number of rotatable bonds is 3. The van der Waals surface area contributed by atoms with Gasteiger partial charge in [-0.2, -0.15) is 5.10 Å². The highest BCUT2D eigenvalue weighted by molar-refractivity contribution is 7.80.